The van der Waals surface area contributed by atoms with Crippen LogP contribution in [0.2, 0.25) is 0 Å². The summed E-state index contributed by atoms with van der Waals surface area (Å²) in [4.78, 5) is 14.4. The van der Waals surface area contributed by atoms with Crippen molar-refractivity contribution in [1.29, 1.82) is 5.26 Å². The Labute approximate surface area is 121 Å². The van der Waals surface area contributed by atoms with Crippen molar-refractivity contribution in [3.05, 3.63) is 0 Å². The fourth-order valence-corrected chi connectivity index (χ4v) is 3.50. The highest BCUT2D eigenvalue weighted by atomic mass is 16.2. The maximum absolute atomic E-state index is 12.2. The third-order valence-electron chi connectivity index (χ3n) is 4.30. The molecule has 1 saturated heterocycles. The number of nitrogens with one attached hydrogen (secondary N) is 2. The number of carbonyl (C=O) groups is 1. The van der Waals surface area contributed by atoms with Gasteiger partial charge in [-0.25, -0.2) is 0 Å². The van der Waals surface area contributed by atoms with E-state index < -0.39 is 5.54 Å². The van der Waals surface area contributed by atoms with Gasteiger partial charge in [-0.2, -0.15) is 5.26 Å². The van der Waals surface area contributed by atoms with Gasteiger partial charge >= 0.3 is 0 Å². The molecule has 2 aliphatic rings. The van der Waals surface area contributed by atoms with Crippen molar-refractivity contribution in [2.75, 3.05) is 19.6 Å². The van der Waals surface area contributed by atoms with Crippen molar-refractivity contribution < 1.29 is 4.79 Å². The largest absolute Gasteiger partial charge is 0.337 e. The van der Waals surface area contributed by atoms with E-state index in [4.69, 9.17) is 0 Å². The Morgan fingerprint density at radius 1 is 1.30 bits per heavy atom. The molecule has 0 bridgehead atoms. The van der Waals surface area contributed by atoms with Gasteiger partial charge < -0.3 is 10.6 Å². The van der Waals surface area contributed by atoms with E-state index in [0.717, 1.165) is 38.8 Å². The summed E-state index contributed by atoms with van der Waals surface area (Å²) < 4.78 is 0. The summed E-state index contributed by atoms with van der Waals surface area (Å²) in [7, 11) is 0. The predicted molar refractivity (Wildman–Crippen MR) is 78.1 cm³/mol. The van der Waals surface area contributed by atoms with Crippen LogP contribution in [0.25, 0.3) is 0 Å². The lowest BCUT2D eigenvalue weighted by Crippen LogP contribution is -2.58. The predicted octanol–water partition coefficient (Wildman–Crippen LogP) is 1.01. The SMILES string of the molecule is CC1CN(CC(=O)NC2(C#N)CCCCC2)CC(C)N1. The van der Waals surface area contributed by atoms with Crippen LogP contribution in [0.3, 0.4) is 0 Å². The summed E-state index contributed by atoms with van der Waals surface area (Å²) in [6, 6.07) is 3.16. The van der Waals surface area contributed by atoms with Crippen LogP contribution in [-0.2, 0) is 4.79 Å². The first-order valence-electron chi connectivity index (χ1n) is 7.74. The second-order valence-corrected chi connectivity index (χ2v) is 6.47. The molecule has 0 aromatic rings. The van der Waals surface area contributed by atoms with Gasteiger partial charge in [0, 0.05) is 25.2 Å². The fourth-order valence-electron chi connectivity index (χ4n) is 3.50. The third-order valence-corrected chi connectivity index (χ3v) is 4.30. The van der Waals surface area contributed by atoms with Crippen molar-refractivity contribution in [2.24, 2.45) is 0 Å². The minimum Gasteiger partial charge on any atom is -0.337 e. The normalized spacial score (nSPS) is 30.4. The van der Waals surface area contributed by atoms with Crippen LogP contribution in [0.1, 0.15) is 46.0 Å². The topological polar surface area (TPSA) is 68.2 Å². The van der Waals surface area contributed by atoms with E-state index in [-0.39, 0.29) is 5.91 Å². The summed E-state index contributed by atoms with van der Waals surface area (Å²) in [6.45, 7) is 6.45. The van der Waals surface area contributed by atoms with Crippen LogP contribution in [0, 0.1) is 11.3 Å². The number of carbonyl (C=O) groups excluding carboxylic acids is 1. The molecule has 1 aliphatic carbocycles. The average molecular weight is 278 g/mol. The summed E-state index contributed by atoms with van der Waals surface area (Å²) in [5.41, 5.74) is -0.611. The van der Waals surface area contributed by atoms with E-state index in [1.54, 1.807) is 0 Å². The summed E-state index contributed by atoms with van der Waals surface area (Å²) in [5, 5.41) is 15.8. The third kappa shape index (κ3) is 3.94. The van der Waals surface area contributed by atoms with Gasteiger partial charge in [0.25, 0.3) is 0 Å². The van der Waals surface area contributed by atoms with Crippen LogP contribution in [-0.4, -0.2) is 48.1 Å². The monoisotopic (exact) mass is 278 g/mol. The highest BCUT2D eigenvalue weighted by Crippen LogP contribution is 2.27. The summed E-state index contributed by atoms with van der Waals surface area (Å²) >= 11 is 0. The van der Waals surface area contributed by atoms with Gasteiger partial charge in [0.15, 0.2) is 0 Å². The Morgan fingerprint density at radius 2 is 1.90 bits per heavy atom. The first-order chi connectivity index (χ1) is 9.53. The maximum atomic E-state index is 12.2. The Bertz CT molecular complexity index is 374. The van der Waals surface area contributed by atoms with E-state index >= 15 is 0 Å². The Balaban J connectivity index is 1.87. The standard InChI is InChI=1S/C15H26N4O/c1-12-8-19(9-13(2)17-12)10-14(20)18-15(11-16)6-4-3-5-7-15/h12-13,17H,3-10H2,1-2H3,(H,18,20). The molecular weight excluding hydrogens is 252 g/mol. The molecule has 5 heteroatoms. The molecule has 2 N–H and O–H groups in total. The number of nitriles is 1. The number of piperazine rings is 1. The lowest BCUT2D eigenvalue weighted by molar-refractivity contribution is -0.124. The van der Waals surface area contributed by atoms with Crippen molar-refractivity contribution >= 4 is 5.91 Å². The molecular formula is C15H26N4O. The van der Waals surface area contributed by atoms with Gasteiger partial charge in [0.1, 0.15) is 5.54 Å². The molecule has 1 heterocycles. The quantitative estimate of drug-likeness (QED) is 0.808. The molecule has 5 nitrogen and oxygen atoms in total. The highest BCUT2D eigenvalue weighted by molar-refractivity contribution is 5.79. The Hall–Kier alpha value is -1.12. The van der Waals surface area contributed by atoms with Crippen LogP contribution in [0.4, 0.5) is 0 Å². The lowest BCUT2D eigenvalue weighted by Gasteiger charge is -2.37. The summed E-state index contributed by atoms with van der Waals surface area (Å²) in [6.07, 6.45) is 4.84. The molecule has 2 fully saturated rings. The molecule has 1 saturated carbocycles. The highest BCUT2D eigenvalue weighted by Gasteiger charge is 2.34. The van der Waals surface area contributed by atoms with Gasteiger partial charge in [0.05, 0.1) is 12.6 Å². The molecule has 0 spiro atoms. The van der Waals surface area contributed by atoms with E-state index in [9.17, 15) is 10.1 Å². The van der Waals surface area contributed by atoms with E-state index in [1.807, 2.05) is 0 Å². The molecule has 2 atom stereocenters. The molecule has 20 heavy (non-hydrogen) atoms. The zero-order valence-electron chi connectivity index (χ0n) is 12.6. The fraction of sp³-hybridized carbons (Fsp3) is 0.867. The molecule has 2 unspecified atom stereocenters. The number of amides is 1. The molecule has 0 aromatic carbocycles. The van der Waals surface area contributed by atoms with Crippen molar-refractivity contribution in [1.82, 2.24) is 15.5 Å². The smallest absolute Gasteiger partial charge is 0.235 e. The van der Waals surface area contributed by atoms with Gasteiger partial charge in [-0.15, -0.1) is 0 Å². The van der Waals surface area contributed by atoms with E-state index in [1.165, 1.54) is 6.42 Å². The molecule has 1 aliphatic heterocycles. The van der Waals surface area contributed by atoms with Crippen molar-refractivity contribution in [3.8, 4) is 6.07 Å². The van der Waals surface area contributed by atoms with Crippen molar-refractivity contribution in [2.45, 2.75) is 63.6 Å². The average Bonchev–Trinajstić information content (AvgIpc) is 2.38. The van der Waals surface area contributed by atoms with E-state index in [2.05, 4.69) is 35.5 Å². The number of nitrogens with zero attached hydrogens (tertiary/aromatic N) is 2. The molecule has 1 amide bonds. The van der Waals surface area contributed by atoms with Crippen molar-refractivity contribution in [3.63, 3.8) is 0 Å². The second-order valence-electron chi connectivity index (χ2n) is 6.47. The molecule has 2 rings (SSSR count). The van der Waals surface area contributed by atoms with Crippen LogP contribution in [0.15, 0.2) is 0 Å². The number of hydrogen-bond acceptors (Lipinski definition) is 4. The van der Waals surface area contributed by atoms with Gasteiger partial charge in [0.2, 0.25) is 5.91 Å². The number of rotatable bonds is 3. The first kappa shape index (κ1) is 15.3. The minimum atomic E-state index is -0.611. The molecule has 0 aromatic heterocycles. The van der Waals surface area contributed by atoms with Crippen LogP contribution in [0.5, 0.6) is 0 Å². The van der Waals surface area contributed by atoms with E-state index in [0.29, 0.717) is 18.6 Å². The molecule has 0 radical (unpaired) electrons. The summed E-state index contributed by atoms with van der Waals surface area (Å²) in [5.74, 6) is -0.00486. The van der Waals surface area contributed by atoms with Gasteiger partial charge in [-0.3, -0.25) is 9.69 Å². The van der Waals surface area contributed by atoms with Gasteiger partial charge in [-0.05, 0) is 26.7 Å². The Kier molecular flexibility index (Phi) is 5.00. The second kappa shape index (κ2) is 6.55. The number of hydrogen-bond donors (Lipinski definition) is 2. The zero-order valence-corrected chi connectivity index (χ0v) is 12.6. The Morgan fingerprint density at radius 3 is 2.45 bits per heavy atom. The maximum Gasteiger partial charge on any atom is 0.235 e. The molecule has 112 valence electrons. The van der Waals surface area contributed by atoms with Crippen LogP contribution >= 0.6 is 0 Å². The van der Waals surface area contributed by atoms with Crippen LogP contribution < -0.4 is 10.6 Å². The van der Waals surface area contributed by atoms with Gasteiger partial charge in [-0.1, -0.05) is 19.3 Å². The first-order valence-corrected chi connectivity index (χ1v) is 7.74. The zero-order chi connectivity index (χ0) is 14.6. The minimum absolute atomic E-state index is 0.00486. The lowest BCUT2D eigenvalue weighted by atomic mass is 9.83.